The highest BCUT2D eigenvalue weighted by Gasteiger charge is 2.14. The van der Waals surface area contributed by atoms with Gasteiger partial charge in [0.05, 0.1) is 16.1 Å². The van der Waals surface area contributed by atoms with Gasteiger partial charge in [-0.2, -0.15) is 8.78 Å². The molecule has 0 atom stereocenters. The summed E-state index contributed by atoms with van der Waals surface area (Å²) in [6, 6.07) is 19.0. The second-order valence-corrected chi connectivity index (χ2v) is 8.50. The molecule has 0 saturated heterocycles. The Kier molecular flexibility index (Phi) is 7.39. The zero-order chi connectivity index (χ0) is 23.1. The summed E-state index contributed by atoms with van der Waals surface area (Å²) in [5, 5.41) is 5.85. The number of halogens is 2. The molecule has 3 N–H and O–H groups in total. The lowest BCUT2D eigenvalue weighted by atomic mass is 10.1. The van der Waals surface area contributed by atoms with E-state index in [1.807, 2.05) is 0 Å². The van der Waals surface area contributed by atoms with Gasteiger partial charge < -0.3 is 15.4 Å². The molecule has 0 heterocycles. The molecule has 0 aromatic heterocycles. The second kappa shape index (κ2) is 10.2. The minimum Gasteiger partial charge on any atom is -0.435 e. The quantitative estimate of drug-likeness (QED) is 0.450. The van der Waals surface area contributed by atoms with Gasteiger partial charge in [0.2, 0.25) is 10.0 Å². The number of hydrogen-bond donors (Lipinski definition) is 3. The van der Waals surface area contributed by atoms with E-state index in [4.69, 9.17) is 0 Å². The Morgan fingerprint density at radius 1 is 1.00 bits per heavy atom. The Hall–Kier alpha value is -3.50. The summed E-state index contributed by atoms with van der Waals surface area (Å²) in [5.74, 6) is -0.341. The maximum absolute atomic E-state index is 12.8. The number of carbonyl (C=O) groups excluding carboxylic acids is 1. The van der Waals surface area contributed by atoms with Gasteiger partial charge in [-0.3, -0.25) is 4.79 Å². The Bertz CT molecular complexity index is 1190. The predicted octanol–water partition coefficient (Wildman–Crippen LogP) is 3.87. The largest absolute Gasteiger partial charge is 0.435 e. The number of sulfonamides is 1. The van der Waals surface area contributed by atoms with Crippen LogP contribution in [0.5, 0.6) is 5.75 Å². The van der Waals surface area contributed by atoms with Crippen LogP contribution < -0.4 is 20.1 Å². The number of hydrogen-bond acceptors (Lipinski definition) is 5. The number of anilines is 2. The van der Waals surface area contributed by atoms with Gasteiger partial charge in [0.15, 0.2) is 0 Å². The molecule has 0 unspecified atom stereocenters. The van der Waals surface area contributed by atoms with Crippen molar-refractivity contribution in [3.05, 3.63) is 83.9 Å². The lowest BCUT2D eigenvalue weighted by molar-refractivity contribution is -0.0498. The molecule has 0 aliphatic carbocycles. The van der Waals surface area contributed by atoms with Crippen molar-refractivity contribution in [1.29, 1.82) is 0 Å². The van der Waals surface area contributed by atoms with Crippen LogP contribution >= 0.6 is 0 Å². The van der Waals surface area contributed by atoms with Crippen molar-refractivity contribution in [3.8, 4) is 5.75 Å². The number of benzene rings is 3. The Balaban J connectivity index is 1.70. The third-order valence-electron chi connectivity index (χ3n) is 4.46. The maximum atomic E-state index is 12.8. The van der Waals surface area contributed by atoms with Crippen molar-refractivity contribution in [2.45, 2.75) is 18.1 Å². The van der Waals surface area contributed by atoms with Crippen molar-refractivity contribution in [2.75, 3.05) is 12.4 Å². The van der Waals surface area contributed by atoms with Crippen LogP contribution in [0.25, 0.3) is 0 Å². The molecule has 3 aromatic carbocycles. The summed E-state index contributed by atoms with van der Waals surface area (Å²) < 4.78 is 55.1. The Morgan fingerprint density at radius 2 is 1.72 bits per heavy atom. The molecule has 7 nitrogen and oxygen atoms in total. The van der Waals surface area contributed by atoms with E-state index in [0.717, 1.165) is 0 Å². The first-order valence-corrected chi connectivity index (χ1v) is 11.0. The van der Waals surface area contributed by atoms with E-state index in [0.29, 0.717) is 22.5 Å². The second-order valence-electron chi connectivity index (χ2n) is 6.61. The molecule has 0 spiro atoms. The van der Waals surface area contributed by atoms with Crippen LogP contribution in [0.4, 0.5) is 20.2 Å². The van der Waals surface area contributed by atoms with E-state index in [9.17, 15) is 22.0 Å². The maximum Gasteiger partial charge on any atom is 0.387 e. The molecule has 3 rings (SSSR count). The van der Waals surface area contributed by atoms with Gasteiger partial charge in [-0.15, -0.1) is 0 Å². The molecule has 32 heavy (non-hydrogen) atoms. The fraction of sp³-hybridized carbons (Fsp3) is 0.136. The number of rotatable bonds is 9. The molecule has 0 fully saturated rings. The molecular weight excluding hydrogens is 440 g/mol. The van der Waals surface area contributed by atoms with Gasteiger partial charge in [0.25, 0.3) is 5.91 Å². The molecular formula is C22H21F2N3O4S. The molecule has 0 saturated carbocycles. The highest BCUT2D eigenvalue weighted by molar-refractivity contribution is 7.89. The molecule has 0 aliphatic rings. The number of amides is 1. The van der Waals surface area contributed by atoms with E-state index in [1.165, 1.54) is 31.3 Å². The number of alkyl halides is 2. The SMILES string of the molecule is CNS(=O)(=O)c1cccc(CNC(=O)c2ccccc2Nc2ccc(OC(F)F)cc2)c1. The fourth-order valence-electron chi connectivity index (χ4n) is 2.88. The minimum atomic E-state index is -3.59. The van der Waals surface area contributed by atoms with Crippen LogP contribution in [-0.4, -0.2) is 28.0 Å². The van der Waals surface area contributed by atoms with Gasteiger partial charge in [-0.25, -0.2) is 13.1 Å². The molecule has 1 amide bonds. The Morgan fingerprint density at radius 3 is 2.41 bits per heavy atom. The summed E-state index contributed by atoms with van der Waals surface area (Å²) in [7, 11) is -2.26. The first-order chi connectivity index (χ1) is 15.3. The monoisotopic (exact) mass is 461 g/mol. The first kappa shape index (κ1) is 23.2. The van der Waals surface area contributed by atoms with Crippen molar-refractivity contribution in [1.82, 2.24) is 10.0 Å². The molecule has 168 valence electrons. The Labute approximate surface area is 184 Å². The molecule has 3 aromatic rings. The molecule has 0 bridgehead atoms. The molecule has 10 heteroatoms. The highest BCUT2D eigenvalue weighted by atomic mass is 32.2. The van der Waals surface area contributed by atoms with Crippen LogP contribution in [0, 0.1) is 0 Å². The minimum absolute atomic E-state index is 0.0269. The number of ether oxygens (including phenoxy) is 1. The van der Waals surface area contributed by atoms with E-state index in [1.54, 1.807) is 48.5 Å². The number of para-hydroxylation sites is 1. The van der Waals surface area contributed by atoms with Gasteiger partial charge in [0.1, 0.15) is 5.75 Å². The van der Waals surface area contributed by atoms with E-state index in [-0.39, 0.29) is 23.1 Å². The third-order valence-corrected chi connectivity index (χ3v) is 5.87. The van der Waals surface area contributed by atoms with Crippen molar-refractivity contribution < 1.29 is 26.7 Å². The standard InChI is InChI=1S/C22H21F2N3O4S/c1-25-32(29,30)18-6-4-5-15(13-18)14-26-21(28)19-7-2-3-8-20(19)27-16-9-11-17(12-10-16)31-22(23)24/h2-13,22,25,27H,14H2,1H3,(H,26,28). The fourth-order valence-corrected chi connectivity index (χ4v) is 3.68. The lowest BCUT2D eigenvalue weighted by Gasteiger charge is -2.13. The average Bonchev–Trinajstić information content (AvgIpc) is 2.79. The van der Waals surface area contributed by atoms with E-state index in [2.05, 4.69) is 20.1 Å². The van der Waals surface area contributed by atoms with Crippen molar-refractivity contribution in [2.24, 2.45) is 0 Å². The lowest BCUT2D eigenvalue weighted by Crippen LogP contribution is -2.24. The summed E-state index contributed by atoms with van der Waals surface area (Å²) in [4.78, 5) is 12.9. The van der Waals surface area contributed by atoms with Crippen molar-refractivity contribution in [3.63, 3.8) is 0 Å². The van der Waals surface area contributed by atoms with Crippen LogP contribution in [0.1, 0.15) is 15.9 Å². The zero-order valence-electron chi connectivity index (χ0n) is 17.0. The van der Waals surface area contributed by atoms with Crippen molar-refractivity contribution >= 4 is 27.3 Å². The first-order valence-electron chi connectivity index (χ1n) is 9.50. The van der Waals surface area contributed by atoms with Crippen LogP contribution in [0.15, 0.2) is 77.7 Å². The topological polar surface area (TPSA) is 96.5 Å². The normalized spacial score (nSPS) is 11.2. The summed E-state index contributed by atoms with van der Waals surface area (Å²) >= 11 is 0. The number of carbonyl (C=O) groups is 1. The predicted molar refractivity (Wildman–Crippen MR) is 117 cm³/mol. The van der Waals surface area contributed by atoms with Crippen LogP contribution in [-0.2, 0) is 16.6 Å². The molecule has 0 radical (unpaired) electrons. The molecule has 0 aliphatic heterocycles. The summed E-state index contributed by atoms with van der Waals surface area (Å²) in [6.07, 6.45) is 0. The van der Waals surface area contributed by atoms with Crippen LogP contribution in [0.2, 0.25) is 0 Å². The summed E-state index contributed by atoms with van der Waals surface area (Å²) in [5.41, 5.74) is 2.07. The van der Waals surface area contributed by atoms with Gasteiger partial charge in [-0.05, 0) is 61.1 Å². The highest BCUT2D eigenvalue weighted by Crippen LogP contribution is 2.24. The summed E-state index contributed by atoms with van der Waals surface area (Å²) in [6.45, 7) is -2.78. The van der Waals surface area contributed by atoms with Crippen LogP contribution in [0.3, 0.4) is 0 Å². The van der Waals surface area contributed by atoms with Gasteiger partial charge in [0, 0.05) is 12.2 Å². The van der Waals surface area contributed by atoms with E-state index < -0.39 is 16.6 Å². The van der Waals surface area contributed by atoms with Gasteiger partial charge in [-0.1, -0.05) is 24.3 Å². The third kappa shape index (κ3) is 6.02. The average molecular weight is 461 g/mol. The van der Waals surface area contributed by atoms with Gasteiger partial charge >= 0.3 is 6.61 Å². The zero-order valence-corrected chi connectivity index (χ0v) is 17.8. The smallest absolute Gasteiger partial charge is 0.387 e. The van der Waals surface area contributed by atoms with E-state index >= 15 is 0 Å². The number of nitrogens with one attached hydrogen (secondary N) is 3.